The topological polar surface area (TPSA) is 120 Å². The van der Waals surface area contributed by atoms with Crippen molar-refractivity contribution in [3.8, 4) is 5.75 Å². The molecule has 0 unspecified atom stereocenters. The number of aromatic amines is 1. The number of hydrogen-bond donors (Lipinski definition) is 2. The van der Waals surface area contributed by atoms with Crippen molar-refractivity contribution in [3.63, 3.8) is 0 Å². The van der Waals surface area contributed by atoms with Gasteiger partial charge < -0.3 is 15.2 Å². The Labute approximate surface area is 197 Å². The standard InChI is InChI=1S/C25H30N4O5/c1-4-5-14-28-22(26)21(23(30)27-25(28)32)29(15-19-8-6-7-9-20(19)34-3)24(31)18-12-10-17(11-13-18)16-33-2/h6-13H,4-5,14-16,26H2,1-3H3,(H,27,30,32). The number of carbonyl (C=O) groups is 1. The van der Waals surface area contributed by atoms with E-state index in [9.17, 15) is 14.4 Å². The minimum absolute atomic E-state index is 0.0158. The van der Waals surface area contributed by atoms with Gasteiger partial charge in [0.15, 0.2) is 5.69 Å². The van der Waals surface area contributed by atoms with E-state index in [1.807, 2.05) is 19.1 Å². The number of nitrogen functional groups attached to an aromatic ring is 1. The first-order chi connectivity index (χ1) is 16.4. The number of carbonyl (C=O) groups excluding carboxylic acids is 1. The molecule has 1 heterocycles. The number of para-hydroxylation sites is 1. The third-order valence-corrected chi connectivity index (χ3v) is 5.50. The van der Waals surface area contributed by atoms with Crippen LogP contribution in [0.1, 0.15) is 41.3 Å². The molecule has 1 amide bonds. The molecule has 3 N–H and O–H groups in total. The number of unbranched alkanes of at least 4 members (excludes halogenated alkanes) is 1. The molecule has 180 valence electrons. The van der Waals surface area contributed by atoms with Crippen LogP contribution < -0.4 is 26.6 Å². The average molecular weight is 467 g/mol. The summed E-state index contributed by atoms with van der Waals surface area (Å²) in [5.41, 5.74) is 6.87. The molecule has 0 atom stereocenters. The van der Waals surface area contributed by atoms with Gasteiger partial charge in [0.25, 0.3) is 11.5 Å². The molecule has 0 aliphatic rings. The minimum atomic E-state index is -0.727. The summed E-state index contributed by atoms with van der Waals surface area (Å²) < 4.78 is 11.9. The molecule has 2 aromatic carbocycles. The van der Waals surface area contributed by atoms with Crippen molar-refractivity contribution in [1.82, 2.24) is 9.55 Å². The predicted molar refractivity (Wildman–Crippen MR) is 131 cm³/mol. The van der Waals surface area contributed by atoms with Crippen molar-refractivity contribution in [2.75, 3.05) is 24.9 Å². The molecular weight excluding hydrogens is 436 g/mol. The number of benzene rings is 2. The zero-order chi connectivity index (χ0) is 24.7. The second-order valence-corrected chi connectivity index (χ2v) is 7.83. The van der Waals surface area contributed by atoms with Gasteiger partial charge in [0.1, 0.15) is 11.6 Å². The average Bonchev–Trinajstić information content (AvgIpc) is 2.83. The van der Waals surface area contributed by atoms with E-state index in [-0.39, 0.29) is 18.1 Å². The Hall–Kier alpha value is -3.85. The van der Waals surface area contributed by atoms with Crippen LogP contribution in [-0.2, 0) is 24.4 Å². The monoisotopic (exact) mass is 466 g/mol. The van der Waals surface area contributed by atoms with E-state index in [1.165, 1.54) is 16.6 Å². The molecule has 1 aromatic heterocycles. The Bertz CT molecular complexity index is 1250. The van der Waals surface area contributed by atoms with Crippen LogP contribution >= 0.6 is 0 Å². The van der Waals surface area contributed by atoms with Crippen molar-refractivity contribution in [2.24, 2.45) is 0 Å². The summed E-state index contributed by atoms with van der Waals surface area (Å²) in [6.07, 6.45) is 1.52. The number of ether oxygens (including phenoxy) is 2. The molecule has 34 heavy (non-hydrogen) atoms. The van der Waals surface area contributed by atoms with Gasteiger partial charge in [-0.15, -0.1) is 0 Å². The predicted octanol–water partition coefficient (Wildman–Crippen LogP) is 2.92. The molecule has 0 saturated heterocycles. The van der Waals surface area contributed by atoms with Crippen LogP contribution in [0.3, 0.4) is 0 Å². The van der Waals surface area contributed by atoms with E-state index < -0.39 is 17.2 Å². The normalized spacial score (nSPS) is 10.8. The number of methoxy groups -OCH3 is 2. The molecule has 0 radical (unpaired) electrons. The van der Waals surface area contributed by atoms with Crippen LogP contribution in [0.4, 0.5) is 11.5 Å². The quantitative estimate of drug-likeness (QED) is 0.474. The SMILES string of the molecule is CCCCn1c(N)c(N(Cc2ccccc2OC)C(=O)c2ccc(COC)cc2)c(=O)[nH]c1=O. The maximum Gasteiger partial charge on any atom is 0.330 e. The second-order valence-electron chi connectivity index (χ2n) is 7.83. The molecule has 9 nitrogen and oxygen atoms in total. The summed E-state index contributed by atoms with van der Waals surface area (Å²) >= 11 is 0. The maximum atomic E-state index is 13.7. The molecule has 0 fully saturated rings. The number of aromatic nitrogens is 2. The highest BCUT2D eigenvalue weighted by atomic mass is 16.5. The van der Waals surface area contributed by atoms with E-state index in [2.05, 4.69) is 4.98 Å². The summed E-state index contributed by atoms with van der Waals surface area (Å²) in [4.78, 5) is 42.7. The van der Waals surface area contributed by atoms with Crippen molar-refractivity contribution < 1.29 is 14.3 Å². The highest BCUT2D eigenvalue weighted by Gasteiger charge is 2.26. The van der Waals surface area contributed by atoms with Crippen molar-refractivity contribution in [2.45, 2.75) is 39.5 Å². The summed E-state index contributed by atoms with van der Waals surface area (Å²) in [7, 11) is 3.13. The molecule has 9 heteroatoms. The van der Waals surface area contributed by atoms with Gasteiger partial charge in [-0.3, -0.25) is 24.0 Å². The third-order valence-electron chi connectivity index (χ3n) is 5.50. The van der Waals surface area contributed by atoms with E-state index in [0.717, 1.165) is 12.0 Å². The number of hydrogen-bond acceptors (Lipinski definition) is 6. The van der Waals surface area contributed by atoms with Crippen LogP contribution in [-0.4, -0.2) is 29.7 Å². The van der Waals surface area contributed by atoms with Crippen LogP contribution in [0, 0.1) is 0 Å². The largest absolute Gasteiger partial charge is 0.496 e. The Balaban J connectivity index is 2.14. The van der Waals surface area contributed by atoms with E-state index in [1.54, 1.807) is 43.5 Å². The molecule has 0 aliphatic heterocycles. The van der Waals surface area contributed by atoms with E-state index >= 15 is 0 Å². The fraction of sp³-hybridized carbons (Fsp3) is 0.320. The zero-order valence-corrected chi connectivity index (χ0v) is 19.7. The zero-order valence-electron chi connectivity index (χ0n) is 19.7. The Morgan fingerprint density at radius 1 is 1.09 bits per heavy atom. The van der Waals surface area contributed by atoms with Crippen molar-refractivity contribution >= 4 is 17.4 Å². The van der Waals surface area contributed by atoms with Crippen LogP contribution in [0.2, 0.25) is 0 Å². The van der Waals surface area contributed by atoms with Gasteiger partial charge in [0.2, 0.25) is 0 Å². The van der Waals surface area contributed by atoms with Gasteiger partial charge in [0, 0.05) is 24.8 Å². The number of nitrogens with two attached hydrogens (primary N) is 1. The first-order valence-electron chi connectivity index (χ1n) is 11.1. The van der Waals surface area contributed by atoms with Gasteiger partial charge in [0.05, 0.1) is 20.3 Å². The molecule has 0 aliphatic carbocycles. The molecule has 3 rings (SSSR count). The van der Waals surface area contributed by atoms with Crippen LogP contribution in [0.5, 0.6) is 5.75 Å². The summed E-state index contributed by atoms with van der Waals surface area (Å²) in [5, 5.41) is 0. The molecule has 0 spiro atoms. The van der Waals surface area contributed by atoms with E-state index in [4.69, 9.17) is 15.2 Å². The second kappa shape index (κ2) is 11.3. The first-order valence-corrected chi connectivity index (χ1v) is 11.1. The van der Waals surface area contributed by atoms with Gasteiger partial charge in [-0.1, -0.05) is 43.7 Å². The first kappa shape index (κ1) is 24.8. The fourth-order valence-electron chi connectivity index (χ4n) is 3.70. The van der Waals surface area contributed by atoms with Crippen molar-refractivity contribution in [3.05, 3.63) is 86.1 Å². The summed E-state index contributed by atoms with van der Waals surface area (Å²) in [6, 6.07) is 14.1. The van der Waals surface area contributed by atoms with Gasteiger partial charge in [-0.2, -0.15) is 0 Å². The molecule has 0 bridgehead atoms. The number of nitrogens with zero attached hydrogens (tertiary/aromatic N) is 2. The van der Waals surface area contributed by atoms with Crippen LogP contribution in [0.25, 0.3) is 0 Å². The summed E-state index contributed by atoms with van der Waals surface area (Å²) in [6.45, 7) is 2.74. The number of amides is 1. The smallest absolute Gasteiger partial charge is 0.330 e. The number of anilines is 2. The Morgan fingerprint density at radius 3 is 2.44 bits per heavy atom. The summed E-state index contributed by atoms with van der Waals surface area (Å²) in [5.74, 6) is 0.0688. The highest BCUT2D eigenvalue weighted by Crippen LogP contribution is 2.26. The Kier molecular flexibility index (Phi) is 8.26. The maximum absolute atomic E-state index is 13.7. The number of H-pyrrole nitrogens is 1. The van der Waals surface area contributed by atoms with Crippen molar-refractivity contribution in [1.29, 1.82) is 0 Å². The molecular formula is C25H30N4O5. The lowest BCUT2D eigenvalue weighted by molar-refractivity contribution is 0.0984. The molecule has 3 aromatic rings. The highest BCUT2D eigenvalue weighted by molar-refractivity contribution is 6.07. The van der Waals surface area contributed by atoms with Gasteiger partial charge in [-0.25, -0.2) is 4.79 Å². The molecule has 0 saturated carbocycles. The lowest BCUT2D eigenvalue weighted by Gasteiger charge is -2.25. The third kappa shape index (κ3) is 5.37. The van der Waals surface area contributed by atoms with Crippen LogP contribution in [0.15, 0.2) is 58.1 Å². The number of nitrogens with one attached hydrogen (secondary N) is 1. The lowest BCUT2D eigenvalue weighted by Crippen LogP contribution is -2.41. The fourth-order valence-corrected chi connectivity index (χ4v) is 3.70. The number of rotatable bonds is 10. The Morgan fingerprint density at radius 2 is 1.79 bits per heavy atom. The minimum Gasteiger partial charge on any atom is -0.496 e. The van der Waals surface area contributed by atoms with E-state index in [0.29, 0.717) is 36.4 Å². The van der Waals surface area contributed by atoms with Gasteiger partial charge >= 0.3 is 5.69 Å². The lowest BCUT2D eigenvalue weighted by atomic mass is 10.1. The van der Waals surface area contributed by atoms with Gasteiger partial charge in [-0.05, 0) is 30.2 Å².